The maximum atomic E-state index is 12.2. The molecular formula is C26H26ClN3O7P-. The summed E-state index contributed by atoms with van der Waals surface area (Å²) in [5.74, 6) is -0.942. The molecule has 2 heterocycles. The Hall–Kier alpha value is -3.53. The molecule has 12 heteroatoms. The van der Waals surface area contributed by atoms with Gasteiger partial charge in [-0.1, -0.05) is 41.9 Å². The second-order valence-corrected chi connectivity index (χ2v) is 9.80. The Morgan fingerprint density at radius 1 is 1.11 bits per heavy atom. The molecule has 38 heavy (non-hydrogen) atoms. The fraction of sp³-hybridized carbons (Fsp3) is 0.192. The Morgan fingerprint density at radius 3 is 2.37 bits per heavy atom. The molecule has 0 saturated carbocycles. The van der Waals surface area contributed by atoms with E-state index in [0.717, 1.165) is 5.56 Å². The normalized spacial score (nSPS) is 11.8. The molecule has 0 aliphatic carbocycles. The first kappa shape index (κ1) is 29.0. The van der Waals surface area contributed by atoms with Gasteiger partial charge in [-0.3, -0.25) is 4.57 Å². The van der Waals surface area contributed by atoms with E-state index in [1.807, 2.05) is 38.1 Å². The summed E-state index contributed by atoms with van der Waals surface area (Å²) in [4.78, 5) is 40.6. The molecule has 2 aromatic heterocycles. The van der Waals surface area contributed by atoms with Crippen LogP contribution < -0.4 is 25.0 Å². The number of phosphoric acid groups is 1. The van der Waals surface area contributed by atoms with Crippen molar-refractivity contribution in [1.82, 2.24) is 9.55 Å². The zero-order valence-electron chi connectivity index (χ0n) is 20.8. The van der Waals surface area contributed by atoms with Gasteiger partial charge in [-0.25, -0.2) is 9.78 Å². The highest BCUT2D eigenvalue weighted by atomic mass is 35.5. The fourth-order valence-electron chi connectivity index (χ4n) is 3.72. The number of benzene rings is 2. The lowest BCUT2D eigenvalue weighted by Crippen LogP contribution is -2.28. The van der Waals surface area contributed by atoms with Gasteiger partial charge < -0.3 is 28.7 Å². The number of pyridine rings is 1. The molecule has 0 radical (unpaired) electrons. The van der Waals surface area contributed by atoms with Crippen molar-refractivity contribution in [2.24, 2.45) is 0 Å². The van der Waals surface area contributed by atoms with Gasteiger partial charge in [-0.2, -0.15) is 4.98 Å². The first-order chi connectivity index (χ1) is 18.0. The van der Waals surface area contributed by atoms with Crippen LogP contribution in [0.3, 0.4) is 0 Å². The largest absolute Gasteiger partial charge is 0.780 e. The number of nitrogens with one attached hydrogen (secondary N) is 1. The third kappa shape index (κ3) is 8.24. The average Bonchev–Trinajstić information content (AvgIpc) is 2.84. The lowest BCUT2D eigenvalue weighted by Gasteiger charge is -2.29. The minimum absolute atomic E-state index is 0.267. The number of aromatic amines is 1. The summed E-state index contributed by atoms with van der Waals surface area (Å²) in [6, 6.07) is 17.3. The molecule has 4 aromatic rings. The van der Waals surface area contributed by atoms with Crippen LogP contribution in [0.1, 0.15) is 34.3 Å². The van der Waals surface area contributed by atoms with Crippen LogP contribution in [0.5, 0.6) is 11.5 Å². The molecule has 2 N–H and O–H groups in total. The smallest absolute Gasteiger partial charge is 0.350 e. The SMILES string of the molecule is COC(c1ccccc1Cc1ccc(OP(=O)([O-])[O-])c(O)c1)n1cc(Cl)cnc1=O.Cc1cccc(C)[nH+]1. The highest BCUT2D eigenvalue weighted by molar-refractivity contribution is 7.43. The number of phenols is 1. The van der Waals surface area contributed by atoms with Gasteiger partial charge in [0.25, 0.3) is 0 Å². The number of H-pyrrole nitrogens is 1. The number of methoxy groups -OCH3 is 1. The Morgan fingerprint density at radius 2 is 1.79 bits per heavy atom. The summed E-state index contributed by atoms with van der Waals surface area (Å²) in [5.41, 5.74) is 3.91. The number of rotatable bonds is 7. The maximum Gasteiger partial charge on any atom is 0.350 e. The predicted molar refractivity (Wildman–Crippen MR) is 137 cm³/mol. The fourth-order valence-corrected chi connectivity index (χ4v) is 4.27. The van der Waals surface area contributed by atoms with Gasteiger partial charge in [0.15, 0.2) is 29.1 Å². The molecule has 0 aliphatic rings. The highest BCUT2D eigenvalue weighted by Crippen LogP contribution is 2.36. The predicted octanol–water partition coefficient (Wildman–Crippen LogP) is 2.71. The molecule has 10 nitrogen and oxygen atoms in total. The van der Waals surface area contributed by atoms with Crippen molar-refractivity contribution in [3.05, 3.63) is 117 Å². The second kappa shape index (κ2) is 12.8. The van der Waals surface area contributed by atoms with Crippen LogP contribution in [0.15, 0.2) is 77.9 Å². The van der Waals surface area contributed by atoms with E-state index in [-0.39, 0.29) is 5.02 Å². The number of aromatic hydroxyl groups is 1. The third-order valence-electron chi connectivity index (χ3n) is 5.29. The van der Waals surface area contributed by atoms with Gasteiger partial charge in [0.05, 0.1) is 11.2 Å². The zero-order chi connectivity index (χ0) is 27.9. The molecule has 0 aliphatic heterocycles. The van der Waals surface area contributed by atoms with Gasteiger partial charge >= 0.3 is 5.69 Å². The monoisotopic (exact) mass is 558 g/mol. The second-order valence-electron chi connectivity index (χ2n) is 8.28. The molecule has 2 aromatic carbocycles. The summed E-state index contributed by atoms with van der Waals surface area (Å²) < 4.78 is 21.8. The summed E-state index contributed by atoms with van der Waals surface area (Å²) in [5, 5.41) is 10.3. The van der Waals surface area contributed by atoms with E-state index >= 15 is 0 Å². The highest BCUT2D eigenvalue weighted by Gasteiger charge is 2.19. The van der Waals surface area contributed by atoms with Crippen molar-refractivity contribution >= 4 is 19.4 Å². The summed E-state index contributed by atoms with van der Waals surface area (Å²) in [6.45, 7) is 4.10. The minimum atomic E-state index is -5.29. The number of aryl methyl sites for hydroxylation is 2. The van der Waals surface area contributed by atoms with Crippen molar-refractivity contribution in [1.29, 1.82) is 0 Å². The number of aromatic nitrogens is 3. The van der Waals surface area contributed by atoms with Gasteiger partial charge in [0.2, 0.25) is 0 Å². The average molecular weight is 559 g/mol. The summed E-state index contributed by atoms with van der Waals surface area (Å²) in [6.07, 6.45) is 2.17. The van der Waals surface area contributed by atoms with Crippen molar-refractivity contribution in [3.8, 4) is 11.5 Å². The van der Waals surface area contributed by atoms with Crippen LogP contribution in [-0.2, 0) is 15.7 Å². The van der Waals surface area contributed by atoms with E-state index in [0.29, 0.717) is 17.5 Å². The molecule has 1 unspecified atom stereocenters. The molecule has 1 atom stereocenters. The Balaban J connectivity index is 0.000000427. The number of nitrogens with zero attached hydrogens (tertiary/aromatic N) is 2. The number of phenolic OH excluding ortho intramolecular Hbond substituents is 1. The van der Waals surface area contributed by atoms with Crippen LogP contribution in [0.4, 0.5) is 0 Å². The summed E-state index contributed by atoms with van der Waals surface area (Å²) in [7, 11) is -3.85. The topological polar surface area (TPSA) is 151 Å². The van der Waals surface area contributed by atoms with E-state index in [1.54, 1.807) is 18.2 Å². The van der Waals surface area contributed by atoms with Crippen LogP contribution in [0.2, 0.25) is 5.02 Å². The first-order valence-corrected chi connectivity index (χ1v) is 13.1. The zero-order valence-corrected chi connectivity index (χ0v) is 22.5. The Bertz CT molecular complexity index is 1490. The quantitative estimate of drug-likeness (QED) is 0.340. The number of hydrogen-bond donors (Lipinski definition) is 1. The van der Waals surface area contributed by atoms with E-state index in [1.165, 1.54) is 53.7 Å². The van der Waals surface area contributed by atoms with Crippen LogP contribution in [0.25, 0.3) is 0 Å². The number of ether oxygens (including phenoxy) is 1. The molecule has 4 rings (SSSR count). The van der Waals surface area contributed by atoms with Gasteiger partial charge in [-0.05, 0) is 35.7 Å². The maximum absolute atomic E-state index is 12.2. The molecular weight excluding hydrogens is 533 g/mol. The van der Waals surface area contributed by atoms with Crippen molar-refractivity contribution < 1.29 is 33.7 Å². The van der Waals surface area contributed by atoms with Gasteiger partial charge in [-0.15, -0.1) is 0 Å². The van der Waals surface area contributed by atoms with Crippen LogP contribution in [0, 0.1) is 13.8 Å². The van der Waals surface area contributed by atoms with E-state index in [2.05, 4.69) is 14.5 Å². The molecule has 0 fully saturated rings. The van der Waals surface area contributed by atoms with Crippen molar-refractivity contribution in [2.45, 2.75) is 26.5 Å². The number of hydrogen-bond acceptors (Lipinski definition) is 8. The standard InChI is InChI=1S/C19H18ClN2O7P.C7H9N/c1-28-18(22-11-14(20)10-21-19(22)24)15-5-3-2-4-13(15)8-12-6-7-17(16(23)9-12)29-30(25,26)27;1-6-4-3-5-7(2)8-6/h2-7,9-11,18,23H,8H2,1H3,(H2,25,26,27);3-5H,1-2H3/p-1. The molecule has 0 bridgehead atoms. The minimum Gasteiger partial charge on any atom is -0.780 e. The lowest BCUT2D eigenvalue weighted by atomic mass is 9.98. The third-order valence-corrected chi connectivity index (χ3v) is 5.91. The number of phosphoric ester groups is 1. The van der Waals surface area contributed by atoms with Crippen LogP contribution >= 0.6 is 19.4 Å². The van der Waals surface area contributed by atoms with E-state index in [4.69, 9.17) is 16.3 Å². The van der Waals surface area contributed by atoms with Gasteiger partial charge in [0, 0.05) is 44.9 Å². The number of halogens is 1. The Kier molecular flexibility index (Phi) is 9.79. The summed E-state index contributed by atoms with van der Waals surface area (Å²) >= 11 is 5.97. The first-order valence-electron chi connectivity index (χ1n) is 11.3. The van der Waals surface area contributed by atoms with Crippen LogP contribution in [-0.4, -0.2) is 21.8 Å². The van der Waals surface area contributed by atoms with E-state index < -0.39 is 31.2 Å². The molecule has 0 spiro atoms. The molecule has 0 saturated heterocycles. The molecule has 0 amide bonds. The van der Waals surface area contributed by atoms with Crippen molar-refractivity contribution in [2.75, 3.05) is 7.11 Å². The molecule has 200 valence electrons. The van der Waals surface area contributed by atoms with Crippen molar-refractivity contribution in [3.63, 3.8) is 0 Å². The van der Waals surface area contributed by atoms with Gasteiger partial charge in [0.1, 0.15) is 7.82 Å². The Labute approximate surface area is 224 Å². The van der Waals surface area contributed by atoms with E-state index in [9.17, 15) is 24.3 Å². The lowest BCUT2D eigenvalue weighted by molar-refractivity contribution is -0.396.